The quantitative estimate of drug-likeness (QED) is 0.650. The van der Waals surface area contributed by atoms with E-state index in [1.54, 1.807) is 0 Å². The highest BCUT2D eigenvalue weighted by Gasteiger charge is 2.01. The van der Waals surface area contributed by atoms with Gasteiger partial charge in [-0.15, -0.1) is 0 Å². The Labute approximate surface area is 75.2 Å². The van der Waals surface area contributed by atoms with Gasteiger partial charge in [0.05, 0.1) is 0 Å². The van der Waals surface area contributed by atoms with Crippen molar-refractivity contribution in [3.05, 3.63) is 29.3 Å². The highest BCUT2D eigenvalue weighted by atomic mass is 14.6. The zero-order valence-corrected chi connectivity index (χ0v) is 7.96. The Hall–Kier alpha value is -0.755. The third kappa shape index (κ3) is 1.89. The highest BCUT2D eigenvalue weighted by molar-refractivity contribution is 6.52. The van der Waals surface area contributed by atoms with Crippen molar-refractivity contribution in [3.63, 3.8) is 0 Å². The Kier molecular flexibility index (Phi) is 2.93. The average Bonchev–Trinajstić information content (AvgIpc) is 2.04. The van der Waals surface area contributed by atoms with Crippen molar-refractivity contribution in [2.75, 3.05) is 0 Å². The summed E-state index contributed by atoms with van der Waals surface area (Å²) in [7, 11) is 2.11. The van der Waals surface area contributed by atoms with Crippen LogP contribution in [-0.2, 0) is 0 Å². The van der Waals surface area contributed by atoms with Crippen LogP contribution in [-0.4, -0.2) is 7.28 Å². The zero-order chi connectivity index (χ0) is 9.14. The molecule has 0 aliphatic carbocycles. The van der Waals surface area contributed by atoms with E-state index in [0.29, 0.717) is 0 Å². The predicted molar refractivity (Wildman–Crippen MR) is 55.0 cm³/mol. The highest BCUT2D eigenvalue weighted by Crippen LogP contribution is 2.09. The summed E-state index contributed by atoms with van der Waals surface area (Å²) in [6.45, 7) is 6.17. The van der Waals surface area contributed by atoms with Crippen LogP contribution >= 0.6 is 0 Å². The van der Waals surface area contributed by atoms with Crippen molar-refractivity contribution in [3.8, 4) is 0 Å². The molecule has 0 fully saturated rings. The summed E-state index contributed by atoms with van der Waals surface area (Å²) in [4.78, 5) is 0. The molecule has 0 aliphatic heterocycles. The molecule has 1 unspecified atom stereocenters. The second-order valence-electron chi connectivity index (χ2n) is 3.19. The van der Waals surface area contributed by atoms with Gasteiger partial charge in [0, 0.05) is 6.04 Å². The molecule has 2 N–H and O–H groups in total. The molecule has 2 heteroatoms. The maximum Gasteiger partial charge on any atom is 0.148 e. The van der Waals surface area contributed by atoms with Gasteiger partial charge in [-0.05, 0) is 19.4 Å². The number of nitrogens with two attached hydrogens (primary N) is 1. The molecule has 1 nitrogen and oxygen atoms in total. The molecule has 0 bridgehead atoms. The predicted octanol–water partition coefficient (Wildman–Crippen LogP) is 1.39. The number of hydrogen-bond donors (Lipinski definition) is 1. The lowest BCUT2D eigenvalue weighted by molar-refractivity contribution is 0.817. The van der Waals surface area contributed by atoms with Crippen LogP contribution in [0, 0.1) is 6.92 Å². The van der Waals surface area contributed by atoms with Crippen LogP contribution in [0.15, 0.2) is 18.2 Å². The van der Waals surface area contributed by atoms with E-state index in [-0.39, 0.29) is 6.04 Å². The summed E-state index contributed by atoms with van der Waals surface area (Å²) in [6.07, 6.45) is 0. The number of rotatable bonds is 2. The molecule has 0 spiro atoms. The van der Waals surface area contributed by atoms with E-state index >= 15 is 0 Å². The summed E-state index contributed by atoms with van der Waals surface area (Å²) in [5, 5.41) is 0. The van der Waals surface area contributed by atoms with Crippen LogP contribution in [0.5, 0.6) is 0 Å². The van der Waals surface area contributed by atoms with Crippen molar-refractivity contribution in [1.29, 1.82) is 0 Å². The van der Waals surface area contributed by atoms with Crippen LogP contribution in [0.4, 0.5) is 0 Å². The van der Waals surface area contributed by atoms with Crippen LogP contribution in [0.3, 0.4) is 0 Å². The average molecular weight is 160 g/mol. The molecule has 1 atom stereocenters. The monoisotopic (exact) mass is 160 g/mol. The van der Waals surface area contributed by atoms with Crippen molar-refractivity contribution < 1.29 is 0 Å². The third-order valence-electron chi connectivity index (χ3n) is 2.13. The molecule has 0 heterocycles. The maximum absolute atomic E-state index is 5.76. The Morgan fingerprint density at radius 1 is 1.42 bits per heavy atom. The fourth-order valence-corrected chi connectivity index (χ4v) is 1.31. The maximum atomic E-state index is 5.76. The molecule has 0 amide bonds. The lowest BCUT2D eigenvalue weighted by atomic mass is 9.71. The normalized spacial score (nSPS) is 12.7. The standard InChI is InChI=1S/C10H15BN/c1-7-6-9(8(2)12)4-5-10(7)11-3/h4-6,8H,12H2,1-3H3. The smallest absolute Gasteiger partial charge is 0.148 e. The fraction of sp³-hybridized carbons (Fsp3) is 0.400. The van der Waals surface area contributed by atoms with Gasteiger partial charge in [-0.1, -0.05) is 36.0 Å². The molecule has 12 heavy (non-hydrogen) atoms. The van der Waals surface area contributed by atoms with E-state index in [2.05, 4.69) is 32.4 Å². The minimum atomic E-state index is 0.134. The molecular formula is C10H15BN. The second kappa shape index (κ2) is 3.77. The van der Waals surface area contributed by atoms with Gasteiger partial charge in [0.1, 0.15) is 7.28 Å². The first-order chi connectivity index (χ1) is 5.65. The molecule has 0 aromatic heterocycles. The van der Waals surface area contributed by atoms with Gasteiger partial charge in [-0.2, -0.15) is 0 Å². The van der Waals surface area contributed by atoms with Gasteiger partial charge in [-0.25, -0.2) is 0 Å². The van der Waals surface area contributed by atoms with Crippen LogP contribution < -0.4 is 11.2 Å². The summed E-state index contributed by atoms with van der Waals surface area (Å²) in [5.74, 6) is 0. The minimum Gasteiger partial charge on any atom is -0.324 e. The molecule has 1 radical (unpaired) electrons. The summed E-state index contributed by atoms with van der Waals surface area (Å²) < 4.78 is 0. The Morgan fingerprint density at radius 3 is 2.50 bits per heavy atom. The fourth-order valence-electron chi connectivity index (χ4n) is 1.31. The zero-order valence-electron chi connectivity index (χ0n) is 7.96. The van der Waals surface area contributed by atoms with Crippen molar-refractivity contribution >= 4 is 12.7 Å². The Bertz CT molecular complexity index is 269. The van der Waals surface area contributed by atoms with Crippen molar-refractivity contribution in [2.24, 2.45) is 5.73 Å². The first kappa shape index (κ1) is 9.33. The Morgan fingerprint density at radius 2 is 2.08 bits per heavy atom. The van der Waals surface area contributed by atoms with Gasteiger partial charge in [0.15, 0.2) is 0 Å². The number of benzene rings is 1. The lowest BCUT2D eigenvalue weighted by Crippen LogP contribution is -2.16. The van der Waals surface area contributed by atoms with Gasteiger partial charge in [-0.3, -0.25) is 0 Å². The van der Waals surface area contributed by atoms with Crippen LogP contribution in [0.1, 0.15) is 24.1 Å². The first-order valence-corrected chi connectivity index (χ1v) is 4.30. The minimum absolute atomic E-state index is 0.134. The van der Waals surface area contributed by atoms with Gasteiger partial charge in [0.2, 0.25) is 0 Å². The summed E-state index contributed by atoms with van der Waals surface area (Å²) in [5.41, 5.74) is 9.56. The molecule has 0 aliphatic rings. The summed E-state index contributed by atoms with van der Waals surface area (Å²) in [6, 6.07) is 6.50. The van der Waals surface area contributed by atoms with E-state index in [1.807, 2.05) is 13.7 Å². The first-order valence-electron chi connectivity index (χ1n) is 4.30. The SMILES string of the molecule is C[B]c1ccc(C(C)N)cc1C. The van der Waals surface area contributed by atoms with Crippen LogP contribution in [0.25, 0.3) is 0 Å². The van der Waals surface area contributed by atoms with Crippen molar-refractivity contribution in [1.82, 2.24) is 0 Å². The molecule has 0 saturated heterocycles. The number of aryl methyl sites for hydroxylation is 1. The second-order valence-corrected chi connectivity index (χ2v) is 3.19. The summed E-state index contributed by atoms with van der Waals surface area (Å²) >= 11 is 0. The third-order valence-corrected chi connectivity index (χ3v) is 2.13. The van der Waals surface area contributed by atoms with E-state index in [4.69, 9.17) is 5.73 Å². The van der Waals surface area contributed by atoms with E-state index in [1.165, 1.54) is 16.6 Å². The Balaban J connectivity index is 3.02. The molecule has 63 valence electrons. The molecule has 1 aromatic carbocycles. The van der Waals surface area contributed by atoms with E-state index in [9.17, 15) is 0 Å². The van der Waals surface area contributed by atoms with Gasteiger partial charge < -0.3 is 5.73 Å². The van der Waals surface area contributed by atoms with E-state index in [0.717, 1.165) is 0 Å². The van der Waals surface area contributed by atoms with Gasteiger partial charge in [0.25, 0.3) is 0 Å². The largest absolute Gasteiger partial charge is 0.324 e. The molecule has 1 rings (SSSR count). The molecule has 0 saturated carbocycles. The molecular weight excluding hydrogens is 145 g/mol. The van der Waals surface area contributed by atoms with Crippen molar-refractivity contribution in [2.45, 2.75) is 26.7 Å². The molecule has 1 aromatic rings. The number of hydrogen-bond acceptors (Lipinski definition) is 1. The van der Waals surface area contributed by atoms with Crippen LogP contribution in [0.2, 0.25) is 6.82 Å². The van der Waals surface area contributed by atoms with Gasteiger partial charge >= 0.3 is 0 Å². The van der Waals surface area contributed by atoms with E-state index < -0.39 is 0 Å². The lowest BCUT2D eigenvalue weighted by Gasteiger charge is -2.09. The topological polar surface area (TPSA) is 26.0 Å².